The molecule has 3 N–H and O–H groups in total. The second kappa shape index (κ2) is 5.80. The maximum absolute atomic E-state index is 14.4. The van der Waals surface area contributed by atoms with Crippen LogP contribution in [0.15, 0.2) is 12.1 Å². The van der Waals surface area contributed by atoms with E-state index in [1.165, 1.54) is 0 Å². The van der Waals surface area contributed by atoms with Gasteiger partial charge in [0.2, 0.25) is 0 Å². The molecule has 1 aliphatic heterocycles. The molecular formula is C16H25FN2O. The van der Waals surface area contributed by atoms with E-state index in [0.717, 1.165) is 11.1 Å². The summed E-state index contributed by atoms with van der Waals surface area (Å²) in [4.78, 5) is 0. The van der Waals surface area contributed by atoms with Crippen molar-refractivity contribution >= 4 is 0 Å². The number of hydrogen-bond acceptors (Lipinski definition) is 3. The zero-order chi connectivity index (χ0) is 15.0. The first-order valence-electron chi connectivity index (χ1n) is 7.25. The number of halogens is 1. The molecule has 1 saturated heterocycles. The van der Waals surface area contributed by atoms with Gasteiger partial charge in [0.25, 0.3) is 0 Å². The van der Waals surface area contributed by atoms with Crippen LogP contribution in [0.5, 0.6) is 0 Å². The predicted molar refractivity (Wildman–Crippen MR) is 78.6 cm³/mol. The SMILES string of the molecule is Cc1cc(C)c(C(NN)C2C(C)OC(C)C2C)c(F)c1. The average molecular weight is 280 g/mol. The van der Waals surface area contributed by atoms with Crippen molar-refractivity contribution in [3.8, 4) is 0 Å². The van der Waals surface area contributed by atoms with Gasteiger partial charge in [0.1, 0.15) is 5.82 Å². The summed E-state index contributed by atoms with van der Waals surface area (Å²) in [6.07, 6.45) is 0.223. The maximum atomic E-state index is 14.4. The van der Waals surface area contributed by atoms with Gasteiger partial charge in [0.15, 0.2) is 0 Å². The quantitative estimate of drug-likeness (QED) is 0.661. The van der Waals surface area contributed by atoms with Crippen molar-refractivity contribution in [1.29, 1.82) is 0 Å². The first-order chi connectivity index (χ1) is 9.36. The molecule has 0 amide bonds. The lowest BCUT2D eigenvalue weighted by molar-refractivity contribution is 0.0473. The van der Waals surface area contributed by atoms with Gasteiger partial charge >= 0.3 is 0 Å². The van der Waals surface area contributed by atoms with E-state index in [0.29, 0.717) is 11.5 Å². The molecule has 3 nitrogen and oxygen atoms in total. The Morgan fingerprint density at radius 2 is 1.85 bits per heavy atom. The predicted octanol–water partition coefficient (Wildman–Crippen LogP) is 3.01. The van der Waals surface area contributed by atoms with Gasteiger partial charge < -0.3 is 4.74 Å². The fraction of sp³-hybridized carbons (Fsp3) is 0.625. The van der Waals surface area contributed by atoms with Crippen molar-refractivity contribution in [3.63, 3.8) is 0 Å². The highest BCUT2D eigenvalue weighted by Crippen LogP contribution is 2.41. The number of aryl methyl sites for hydroxylation is 2. The molecule has 4 heteroatoms. The summed E-state index contributed by atoms with van der Waals surface area (Å²) in [5.74, 6) is 6.05. The molecule has 5 atom stereocenters. The van der Waals surface area contributed by atoms with Gasteiger partial charge in [-0.25, -0.2) is 4.39 Å². The minimum absolute atomic E-state index is 0.0566. The number of nitrogens with one attached hydrogen (secondary N) is 1. The summed E-state index contributed by atoms with van der Waals surface area (Å²) < 4.78 is 20.3. The zero-order valence-corrected chi connectivity index (χ0v) is 12.9. The fourth-order valence-electron chi connectivity index (χ4n) is 3.58. The van der Waals surface area contributed by atoms with E-state index in [1.807, 2.05) is 26.8 Å². The maximum Gasteiger partial charge on any atom is 0.128 e. The largest absolute Gasteiger partial charge is 0.375 e. The average Bonchev–Trinajstić information content (AvgIpc) is 2.59. The minimum Gasteiger partial charge on any atom is -0.375 e. The highest BCUT2D eigenvalue weighted by Gasteiger charge is 2.43. The molecule has 0 saturated carbocycles. The van der Waals surface area contributed by atoms with Gasteiger partial charge in [-0.2, -0.15) is 0 Å². The topological polar surface area (TPSA) is 47.3 Å². The van der Waals surface area contributed by atoms with Gasteiger partial charge in [-0.1, -0.05) is 13.0 Å². The van der Waals surface area contributed by atoms with Crippen LogP contribution in [-0.4, -0.2) is 12.2 Å². The van der Waals surface area contributed by atoms with Crippen LogP contribution in [-0.2, 0) is 4.74 Å². The van der Waals surface area contributed by atoms with Crippen molar-refractivity contribution in [2.75, 3.05) is 0 Å². The Morgan fingerprint density at radius 3 is 2.30 bits per heavy atom. The van der Waals surface area contributed by atoms with Gasteiger partial charge in [-0.15, -0.1) is 0 Å². The molecule has 1 aliphatic rings. The molecule has 1 heterocycles. The molecule has 0 radical (unpaired) electrons. The highest BCUT2D eigenvalue weighted by molar-refractivity contribution is 5.35. The fourth-order valence-corrected chi connectivity index (χ4v) is 3.58. The van der Waals surface area contributed by atoms with E-state index >= 15 is 0 Å². The normalized spacial score (nSPS) is 31.6. The standard InChI is InChI=1S/C16H25FN2O/c1-8-6-9(2)14(13(17)7-8)16(19-18)15-10(3)11(4)20-12(15)5/h6-7,10-12,15-16,19H,18H2,1-5H3. The van der Waals surface area contributed by atoms with Gasteiger partial charge in [-0.3, -0.25) is 11.3 Å². The van der Waals surface area contributed by atoms with E-state index < -0.39 is 0 Å². The lowest BCUT2D eigenvalue weighted by Crippen LogP contribution is -2.39. The van der Waals surface area contributed by atoms with E-state index in [-0.39, 0.29) is 30.0 Å². The molecule has 1 aromatic rings. The van der Waals surface area contributed by atoms with Crippen molar-refractivity contribution in [2.45, 2.75) is 52.9 Å². The number of hydrazine groups is 1. The number of rotatable bonds is 3. The molecule has 20 heavy (non-hydrogen) atoms. The molecule has 1 fully saturated rings. The Balaban J connectivity index is 2.43. The summed E-state index contributed by atoms with van der Waals surface area (Å²) >= 11 is 0. The Bertz CT molecular complexity index is 468. The van der Waals surface area contributed by atoms with Crippen LogP contribution in [0.25, 0.3) is 0 Å². The molecule has 5 unspecified atom stereocenters. The molecule has 1 aromatic carbocycles. The van der Waals surface area contributed by atoms with Gasteiger partial charge in [0.05, 0.1) is 18.2 Å². The van der Waals surface area contributed by atoms with Crippen molar-refractivity contribution in [2.24, 2.45) is 17.7 Å². The van der Waals surface area contributed by atoms with E-state index in [1.54, 1.807) is 6.07 Å². The first kappa shape index (κ1) is 15.4. The van der Waals surface area contributed by atoms with Crippen molar-refractivity contribution in [3.05, 3.63) is 34.6 Å². The van der Waals surface area contributed by atoms with Crippen molar-refractivity contribution in [1.82, 2.24) is 5.43 Å². The Labute approximate surface area is 120 Å². The van der Waals surface area contributed by atoms with Crippen LogP contribution in [0.3, 0.4) is 0 Å². The van der Waals surface area contributed by atoms with Crippen LogP contribution < -0.4 is 11.3 Å². The number of ether oxygens (including phenoxy) is 1. The third kappa shape index (κ3) is 2.60. The minimum atomic E-state index is -0.231. The molecule has 2 rings (SSSR count). The summed E-state index contributed by atoms with van der Waals surface area (Å²) in [5, 5.41) is 0. The lowest BCUT2D eigenvalue weighted by atomic mass is 9.79. The Kier molecular flexibility index (Phi) is 4.47. The van der Waals surface area contributed by atoms with Gasteiger partial charge in [-0.05, 0) is 50.8 Å². The van der Waals surface area contributed by atoms with Crippen LogP contribution in [0, 0.1) is 31.5 Å². The first-order valence-corrected chi connectivity index (χ1v) is 7.25. The molecule has 0 aromatic heterocycles. The van der Waals surface area contributed by atoms with E-state index in [4.69, 9.17) is 10.6 Å². The second-order valence-corrected chi connectivity index (χ2v) is 6.10. The third-order valence-electron chi connectivity index (χ3n) is 4.68. The van der Waals surface area contributed by atoms with Crippen LogP contribution in [0.2, 0.25) is 0 Å². The van der Waals surface area contributed by atoms with Crippen LogP contribution in [0.1, 0.15) is 43.5 Å². The van der Waals surface area contributed by atoms with Crippen LogP contribution >= 0.6 is 0 Å². The van der Waals surface area contributed by atoms with Crippen LogP contribution in [0.4, 0.5) is 4.39 Å². The highest BCUT2D eigenvalue weighted by atomic mass is 19.1. The van der Waals surface area contributed by atoms with E-state index in [2.05, 4.69) is 19.3 Å². The Morgan fingerprint density at radius 1 is 1.20 bits per heavy atom. The summed E-state index contributed by atoms with van der Waals surface area (Å²) in [5.41, 5.74) is 5.35. The smallest absolute Gasteiger partial charge is 0.128 e. The summed E-state index contributed by atoms with van der Waals surface area (Å²) in [6.45, 7) is 10.1. The molecular weight excluding hydrogens is 255 g/mol. The monoisotopic (exact) mass is 280 g/mol. The summed E-state index contributed by atoms with van der Waals surface area (Å²) in [7, 11) is 0. The second-order valence-electron chi connectivity index (χ2n) is 6.10. The van der Waals surface area contributed by atoms with E-state index in [9.17, 15) is 4.39 Å². The zero-order valence-electron chi connectivity index (χ0n) is 12.9. The lowest BCUT2D eigenvalue weighted by Gasteiger charge is -2.30. The molecule has 112 valence electrons. The number of benzene rings is 1. The molecule has 0 bridgehead atoms. The number of nitrogens with two attached hydrogens (primary N) is 1. The van der Waals surface area contributed by atoms with Gasteiger partial charge in [0, 0.05) is 11.5 Å². The molecule has 0 spiro atoms. The summed E-state index contributed by atoms with van der Waals surface area (Å²) in [6, 6.07) is 3.34. The Hall–Kier alpha value is -0.970. The number of hydrogen-bond donors (Lipinski definition) is 2. The van der Waals surface area contributed by atoms with Crippen molar-refractivity contribution < 1.29 is 9.13 Å². The molecule has 0 aliphatic carbocycles. The third-order valence-corrected chi connectivity index (χ3v) is 4.68.